The molecule has 1 heterocycles. The molecule has 1 unspecified atom stereocenters. The average molecular weight is 305 g/mol. The first-order chi connectivity index (χ1) is 8.60. The number of rotatable bonds is 4. The summed E-state index contributed by atoms with van der Waals surface area (Å²) < 4.78 is 5.41. The molecule has 0 fully saturated rings. The van der Waals surface area contributed by atoms with E-state index < -0.39 is 0 Å². The molecular formula is C13H12Cl3NO. The molecule has 0 aliphatic carbocycles. The standard InChI is InChI=1S/C13H12Cl3NO/c1-17-11(12-4-5-13(16)18-12)7-8-2-3-9(14)10(15)6-8/h2-6,11,17H,7H2,1H3. The summed E-state index contributed by atoms with van der Waals surface area (Å²) in [6.45, 7) is 0. The topological polar surface area (TPSA) is 25.2 Å². The highest BCUT2D eigenvalue weighted by Gasteiger charge is 2.14. The second-order valence-electron chi connectivity index (χ2n) is 3.94. The Morgan fingerprint density at radius 1 is 1.11 bits per heavy atom. The van der Waals surface area contributed by atoms with Crippen LogP contribution in [0, 0.1) is 0 Å². The number of hydrogen-bond donors (Lipinski definition) is 1. The molecule has 18 heavy (non-hydrogen) atoms. The minimum atomic E-state index is 0.0507. The van der Waals surface area contributed by atoms with E-state index in [1.54, 1.807) is 12.1 Å². The molecule has 1 aromatic heterocycles. The van der Waals surface area contributed by atoms with Crippen LogP contribution in [0.25, 0.3) is 0 Å². The van der Waals surface area contributed by atoms with E-state index in [1.165, 1.54) is 0 Å². The molecule has 5 heteroatoms. The van der Waals surface area contributed by atoms with Crippen molar-refractivity contribution in [3.05, 3.63) is 56.9 Å². The number of benzene rings is 1. The van der Waals surface area contributed by atoms with Gasteiger partial charge in [0.15, 0.2) is 5.22 Å². The van der Waals surface area contributed by atoms with Crippen molar-refractivity contribution in [2.24, 2.45) is 0 Å². The van der Waals surface area contributed by atoms with Crippen LogP contribution in [0.4, 0.5) is 0 Å². The van der Waals surface area contributed by atoms with Gasteiger partial charge in [0.25, 0.3) is 0 Å². The molecule has 0 radical (unpaired) electrons. The lowest BCUT2D eigenvalue weighted by molar-refractivity contribution is 0.430. The molecule has 0 amide bonds. The van der Waals surface area contributed by atoms with E-state index in [4.69, 9.17) is 39.2 Å². The Morgan fingerprint density at radius 3 is 2.44 bits per heavy atom. The molecule has 2 aromatic rings. The zero-order chi connectivity index (χ0) is 13.1. The van der Waals surface area contributed by atoms with Crippen molar-refractivity contribution in [3.8, 4) is 0 Å². The Morgan fingerprint density at radius 2 is 1.89 bits per heavy atom. The van der Waals surface area contributed by atoms with Gasteiger partial charge in [-0.25, -0.2) is 0 Å². The fourth-order valence-corrected chi connectivity index (χ4v) is 2.24. The molecule has 96 valence electrons. The van der Waals surface area contributed by atoms with Gasteiger partial charge in [-0.15, -0.1) is 0 Å². The highest BCUT2D eigenvalue weighted by molar-refractivity contribution is 6.42. The van der Waals surface area contributed by atoms with Gasteiger partial charge in [0, 0.05) is 0 Å². The van der Waals surface area contributed by atoms with Crippen LogP contribution >= 0.6 is 34.8 Å². The summed E-state index contributed by atoms with van der Waals surface area (Å²) in [6.07, 6.45) is 0.747. The lowest BCUT2D eigenvalue weighted by Crippen LogP contribution is -2.18. The van der Waals surface area contributed by atoms with Crippen molar-refractivity contribution in [2.75, 3.05) is 7.05 Å². The third-order valence-electron chi connectivity index (χ3n) is 2.71. The molecule has 0 spiro atoms. The van der Waals surface area contributed by atoms with Gasteiger partial charge in [-0.3, -0.25) is 0 Å². The van der Waals surface area contributed by atoms with Crippen molar-refractivity contribution in [3.63, 3.8) is 0 Å². The van der Waals surface area contributed by atoms with E-state index in [0.29, 0.717) is 15.3 Å². The van der Waals surface area contributed by atoms with Crippen LogP contribution in [0.5, 0.6) is 0 Å². The largest absolute Gasteiger partial charge is 0.448 e. The molecule has 1 aromatic carbocycles. The SMILES string of the molecule is CNC(Cc1ccc(Cl)c(Cl)c1)c1ccc(Cl)o1. The minimum absolute atomic E-state index is 0.0507. The fourth-order valence-electron chi connectivity index (χ4n) is 1.76. The molecule has 1 atom stereocenters. The van der Waals surface area contributed by atoms with Crippen molar-refractivity contribution in [2.45, 2.75) is 12.5 Å². The van der Waals surface area contributed by atoms with Gasteiger partial charge in [0.1, 0.15) is 5.76 Å². The number of hydrogen-bond acceptors (Lipinski definition) is 2. The molecule has 0 aliphatic rings. The predicted octanol–water partition coefficient (Wildman–Crippen LogP) is 4.74. The molecule has 0 saturated carbocycles. The molecule has 2 rings (SSSR count). The van der Waals surface area contributed by atoms with Crippen LogP contribution in [-0.2, 0) is 6.42 Å². The maximum absolute atomic E-state index is 5.99. The van der Waals surface area contributed by atoms with Crippen molar-refractivity contribution in [1.29, 1.82) is 0 Å². The van der Waals surface area contributed by atoms with E-state index in [0.717, 1.165) is 17.7 Å². The highest BCUT2D eigenvalue weighted by atomic mass is 35.5. The summed E-state index contributed by atoms with van der Waals surface area (Å²) >= 11 is 17.7. The van der Waals surface area contributed by atoms with Crippen molar-refractivity contribution < 1.29 is 4.42 Å². The van der Waals surface area contributed by atoms with E-state index in [9.17, 15) is 0 Å². The summed E-state index contributed by atoms with van der Waals surface area (Å²) in [6, 6.07) is 9.25. The van der Waals surface area contributed by atoms with Crippen LogP contribution in [0.3, 0.4) is 0 Å². The van der Waals surface area contributed by atoms with Gasteiger partial charge < -0.3 is 9.73 Å². The summed E-state index contributed by atoms with van der Waals surface area (Å²) in [4.78, 5) is 0. The van der Waals surface area contributed by atoms with E-state index in [2.05, 4.69) is 5.32 Å². The first kappa shape index (κ1) is 13.8. The zero-order valence-electron chi connectivity index (χ0n) is 9.71. The normalized spacial score (nSPS) is 12.7. The quantitative estimate of drug-likeness (QED) is 0.882. The molecule has 1 N–H and O–H groups in total. The van der Waals surface area contributed by atoms with Crippen LogP contribution in [0.2, 0.25) is 15.3 Å². The monoisotopic (exact) mass is 303 g/mol. The third-order valence-corrected chi connectivity index (χ3v) is 3.65. The zero-order valence-corrected chi connectivity index (χ0v) is 12.0. The molecular weight excluding hydrogens is 293 g/mol. The van der Waals surface area contributed by atoms with Gasteiger partial charge in [0.05, 0.1) is 16.1 Å². The summed E-state index contributed by atoms with van der Waals surface area (Å²) in [5.41, 5.74) is 1.08. The van der Waals surface area contributed by atoms with Crippen LogP contribution in [0.15, 0.2) is 34.7 Å². The van der Waals surface area contributed by atoms with E-state index in [1.807, 2.05) is 25.2 Å². The Kier molecular flexibility index (Phi) is 4.57. The summed E-state index contributed by atoms with van der Waals surface area (Å²) in [5.74, 6) is 0.800. The molecule has 0 bridgehead atoms. The van der Waals surface area contributed by atoms with Gasteiger partial charge in [-0.2, -0.15) is 0 Å². The Bertz CT molecular complexity index is 539. The molecule has 2 nitrogen and oxygen atoms in total. The second kappa shape index (κ2) is 5.98. The summed E-state index contributed by atoms with van der Waals surface area (Å²) in [5, 5.41) is 4.69. The Balaban J connectivity index is 2.17. The van der Waals surface area contributed by atoms with Crippen molar-refractivity contribution in [1.82, 2.24) is 5.32 Å². The fraction of sp³-hybridized carbons (Fsp3) is 0.231. The maximum atomic E-state index is 5.99. The van der Waals surface area contributed by atoms with Gasteiger partial charge >= 0.3 is 0 Å². The first-order valence-electron chi connectivity index (χ1n) is 5.46. The number of likely N-dealkylation sites (N-methyl/N-ethyl adjacent to an activating group) is 1. The van der Waals surface area contributed by atoms with E-state index in [-0.39, 0.29) is 6.04 Å². The van der Waals surface area contributed by atoms with E-state index >= 15 is 0 Å². The number of halogens is 3. The molecule has 0 saturated heterocycles. The number of nitrogens with one attached hydrogen (secondary N) is 1. The van der Waals surface area contributed by atoms with Crippen LogP contribution < -0.4 is 5.32 Å². The second-order valence-corrected chi connectivity index (χ2v) is 5.12. The smallest absolute Gasteiger partial charge is 0.193 e. The third kappa shape index (κ3) is 3.21. The molecule has 0 aliphatic heterocycles. The first-order valence-corrected chi connectivity index (χ1v) is 6.60. The Labute approximate surface area is 121 Å². The average Bonchev–Trinajstić information content (AvgIpc) is 2.77. The summed E-state index contributed by atoms with van der Waals surface area (Å²) in [7, 11) is 1.87. The van der Waals surface area contributed by atoms with Gasteiger partial charge in [-0.1, -0.05) is 29.3 Å². The lowest BCUT2D eigenvalue weighted by atomic mass is 10.0. The Hall–Kier alpha value is -0.670. The maximum Gasteiger partial charge on any atom is 0.193 e. The van der Waals surface area contributed by atoms with Crippen LogP contribution in [-0.4, -0.2) is 7.05 Å². The van der Waals surface area contributed by atoms with Gasteiger partial charge in [-0.05, 0) is 54.9 Å². The van der Waals surface area contributed by atoms with Gasteiger partial charge in [0.2, 0.25) is 0 Å². The minimum Gasteiger partial charge on any atom is -0.448 e. The van der Waals surface area contributed by atoms with Crippen molar-refractivity contribution >= 4 is 34.8 Å². The highest BCUT2D eigenvalue weighted by Crippen LogP contribution is 2.27. The predicted molar refractivity (Wildman–Crippen MR) is 75.7 cm³/mol. The lowest BCUT2D eigenvalue weighted by Gasteiger charge is -2.14. The number of furan rings is 1. The van der Waals surface area contributed by atoms with Crippen LogP contribution in [0.1, 0.15) is 17.4 Å².